The fraction of sp³-hybridized carbons (Fsp3) is 1.00. The smallest absolute Gasteiger partial charge is 0.376 e. The molecule has 19 heavy (non-hydrogen) atoms. The molecule has 0 aliphatic heterocycles. The minimum absolute atomic E-state index is 0.217. The standard InChI is InChI=1S/C10H12F8O/c1-3-5-4-7(19,10(16,17)18)9(14,15)8(5,13)6(2,11)12/h5,19H,3-4H2,1-2H3. The predicted molar refractivity (Wildman–Crippen MR) is 48.8 cm³/mol. The summed E-state index contributed by atoms with van der Waals surface area (Å²) in [5, 5.41) is 9.11. The third-order valence-electron chi connectivity index (χ3n) is 3.68. The summed E-state index contributed by atoms with van der Waals surface area (Å²) in [6, 6.07) is 0. The van der Waals surface area contributed by atoms with Crippen LogP contribution in [0.2, 0.25) is 0 Å². The Hall–Kier alpha value is -0.600. The van der Waals surface area contributed by atoms with Gasteiger partial charge < -0.3 is 5.11 Å². The molecular weight excluding hydrogens is 288 g/mol. The van der Waals surface area contributed by atoms with E-state index in [4.69, 9.17) is 5.11 Å². The van der Waals surface area contributed by atoms with Crippen LogP contribution in [0, 0.1) is 5.92 Å². The Labute approximate surface area is 103 Å². The Morgan fingerprint density at radius 1 is 1.11 bits per heavy atom. The summed E-state index contributed by atoms with van der Waals surface area (Å²) in [6.45, 7) is 0.786. The van der Waals surface area contributed by atoms with Crippen LogP contribution >= 0.6 is 0 Å². The van der Waals surface area contributed by atoms with Gasteiger partial charge in [-0.25, -0.2) is 13.2 Å². The Bertz CT molecular complexity index is 360. The molecule has 0 bridgehead atoms. The third kappa shape index (κ3) is 1.76. The molecule has 0 saturated heterocycles. The normalized spacial score (nSPS) is 39.6. The molecule has 1 aliphatic rings. The van der Waals surface area contributed by atoms with E-state index in [2.05, 4.69) is 0 Å². The van der Waals surface area contributed by atoms with Crippen molar-refractivity contribution in [3.63, 3.8) is 0 Å². The molecule has 1 saturated carbocycles. The SMILES string of the molecule is CCC1CC(O)(C(F)(F)F)C(F)(F)C1(F)C(C)(F)F. The van der Waals surface area contributed by atoms with Crippen molar-refractivity contribution in [2.24, 2.45) is 5.92 Å². The zero-order chi connectivity index (χ0) is 15.5. The maximum Gasteiger partial charge on any atom is 0.423 e. The molecule has 1 nitrogen and oxygen atoms in total. The van der Waals surface area contributed by atoms with Gasteiger partial charge in [0.2, 0.25) is 11.3 Å². The molecule has 0 amide bonds. The highest BCUT2D eigenvalue weighted by molar-refractivity contribution is 5.23. The molecule has 0 aromatic heterocycles. The van der Waals surface area contributed by atoms with Crippen LogP contribution in [0.1, 0.15) is 26.7 Å². The summed E-state index contributed by atoms with van der Waals surface area (Å²) in [5.41, 5.74) is -9.55. The molecule has 0 heterocycles. The molecule has 114 valence electrons. The summed E-state index contributed by atoms with van der Waals surface area (Å²) >= 11 is 0. The lowest BCUT2D eigenvalue weighted by Crippen LogP contribution is -2.66. The molecule has 3 unspecified atom stereocenters. The van der Waals surface area contributed by atoms with Crippen molar-refractivity contribution in [3.8, 4) is 0 Å². The second kappa shape index (κ2) is 3.95. The number of aliphatic hydroxyl groups is 1. The second-order valence-electron chi connectivity index (χ2n) is 4.84. The van der Waals surface area contributed by atoms with E-state index in [-0.39, 0.29) is 6.92 Å². The van der Waals surface area contributed by atoms with Crippen molar-refractivity contribution in [1.82, 2.24) is 0 Å². The van der Waals surface area contributed by atoms with Gasteiger partial charge in [0.25, 0.3) is 5.92 Å². The van der Waals surface area contributed by atoms with Gasteiger partial charge in [-0.15, -0.1) is 0 Å². The number of halogens is 8. The summed E-state index contributed by atoms with van der Waals surface area (Å²) < 4.78 is 105. The van der Waals surface area contributed by atoms with Gasteiger partial charge in [0.05, 0.1) is 0 Å². The first-order chi connectivity index (χ1) is 8.17. The average Bonchev–Trinajstić information content (AvgIpc) is 2.35. The van der Waals surface area contributed by atoms with Gasteiger partial charge >= 0.3 is 12.1 Å². The van der Waals surface area contributed by atoms with Crippen molar-refractivity contribution in [1.29, 1.82) is 0 Å². The van der Waals surface area contributed by atoms with Gasteiger partial charge in [-0.3, -0.25) is 0 Å². The van der Waals surface area contributed by atoms with Crippen LogP contribution in [-0.2, 0) is 0 Å². The summed E-state index contributed by atoms with van der Waals surface area (Å²) in [4.78, 5) is 0. The summed E-state index contributed by atoms with van der Waals surface area (Å²) in [6.07, 6.45) is -8.41. The molecule has 9 heteroatoms. The molecule has 3 atom stereocenters. The highest BCUT2D eigenvalue weighted by atomic mass is 19.4. The lowest BCUT2D eigenvalue weighted by Gasteiger charge is -2.39. The zero-order valence-electron chi connectivity index (χ0n) is 9.96. The molecule has 0 aromatic carbocycles. The molecule has 1 rings (SSSR count). The van der Waals surface area contributed by atoms with Crippen LogP contribution in [-0.4, -0.2) is 34.4 Å². The topological polar surface area (TPSA) is 20.2 Å². The van der Waals surface area contributed by atoms with E-state index < -0.39 is 48.1 Å². The Morgan fingerprint density at radius 3 is 1.74 bits per heavy atom. The van der Waals surface area contributed by atoms with Crippen LogP contribution in [0.15, 0.2) is 0 Å². The highest BCUT2D eigenvalue weighted by Crippen LogP contribution is 2.65. The third-order valence-corrected chi connectivity index (χ3v) is 3.68. The van der Waals surface area contributed by atoms with E-state index in [1.807, 2.05) is 0 Å². The van der Waals surface area contributed by atoms with Crippen molar-refractivity contribution in [2.45, 2.75) is 56.0 Å². The first kappa shape index (κ1) is 16.5. The van der Waals surface area contributed by atoms with Crippen LogP contribution < -0.4 is 0 Å². The molecule has 1 aliphatic carbocycles. The molecule has 1 N–H and O–H groups in total. The fourth-order valence-electron chi connectivity index (χ4n) is 2.54. The first-order valence-corrected chi connectivity index (χ1v) is 5.40. The van der Waals surface area contributed by atoms with Crippen LogP contribution in [0.5, 0.6) is 0 Å². The average molecular weight is 300 g/mol. The molecule has 0 aromatic rings. The molecule has 1 fully saturated rings. The lowest BCUT2D eigenvalue weighted by atomic mass is 9.83. The van der Waals surface area contributed by atoms with E-state index in [0.29, 0.717) is 0 Å². The summed E-state index contributed by atoms with van der Waals surface area (Å²) in [7, 11) is 0. The van der Waals surface area contributed by atoms with Crippen LogP contribution in [0.3, 0.4) is 0 Å². The van der Waals surface area contributed by atoms with Gasteiger partial charge in [-0.2, -0.15) is 22.0 Å². The van der Waals surface area contributed by atoms with Crippen molar-refractivity contribution in [3.05, 3.63) is 0 Å². The molecule has 0 spiro atoms. The maximum absolute atomic E-state index is 14.1. The lowest BCUT2D eigenvalue weighted by molar-refractivity contribution is -0.353. The van der Waals surface area contributed by atoms with E-state index in [0.717, 1.165) is 6.92 Å². The van der Waals surface area contributed by atoms with E-state index >= 15 is 0 Å². The van der Waals surface area contributed by atoms with Gasteiger partial charge in [-0.1, -0.05) is 6.92 Å². The van der Waals surface area contributed by atoms with Crippen molar-refractivity contribution in [2.75, 3.05) is 0 Å². The van der Waals surface area contributed by atoms with E-state index in [1.165, 1.54) is 0 Å². The zero-order valence-corrected chi connectivity index (χ0v) is 9.96. The Kier molecular flexibility index (Phi) is 3.42. The van der Waals surface area contributed by atoms with Crippen LogP contribution in [0.4, 0.5) is 35.1 Å². The number of hydrogen-bond acceptors (Lipinski definition) is 1. The minimum atomic E-state index is -5.91. The Morgan fingerprint density at radius 2 is 1.53 bits per heavy atom. The first-order valence-electron chi connectivity index (χ1n) is 5.40. The number of alkyl halides is 8. The predicted octanol–water partition coefficient (Wildman–Crippen LogP) is 3.71. The largest absolute Gasteiger partial charge is 0.423 e. The monoisotopic (exact) mass is 300 g/mol. The number of rotatable bonds is 2. The Balaban J connectivity index is 3.52. The minimum Gasteiger partial charge on any atom is -0.376 e. The van der Waals surface area contributed by atoms with Gasteiger partial charge in [0.1, 0.15) is 0 Å². The van der Waals surface area contributed by atoms with Crippen molar-refractivity contribution < 1.29 is 40.2 Å². The molecule has 0 radical (unpaired) electrons. The molecular formula is C10H12F8O. The van der Waals surface area contributed by atoms with Crippen LogP contribution in [0.25, 0.3) is 0 Å². The van der Waals surface area contributed by atoms with E-state index in [9.17, 15) is 35.1 Å². The summed E-state index contributed by atoms with van der Waals surface area (Å²) in [5.74, 6) is -12.7. The van der Waals surface area contributed by atoms with Crippen molar-refractivity contribution >= 4 is 0 Å². The fourth-order valence-corrected chi connectivity index (χ4v) is 2.54. The maximum atomic E-state index is 14.1. The van der Waals surface area contributed by atoms with E-state index in [1.54, 1.807) is 0 Å². The van der Waals surface area contributed by atoms with Gasteiger partial charge in [0, 0.05) is 12.8 Å². The quantitative estimate of drug-likeness (QED) is 0.771. The second-order valence-corrected chi connectivity index (χ2v) is 4.84. The number of hydrogen-bond donors (Lipinski definition) is 1. The van der Waals surface area contributed by atoms with Gasteiger partial charge in [-0.05, 0) is 12.8 Å². The van der Waals surface area contributed by atoms with Gasteiger partial charge in [0.15, 0.2) is 0 Å². The highest BCUT2D eigenvalue weighted by Gasteiger charge is 2.88.